The number of carbonyl (C=O) groups is 1. The van der Waals surface area contributed by atoms with Gasteiger partial charge in [0.15, 0.2) is 0 Å². The number of benzene rings is 1. The van der Waals surface area contributed by atoms with Crippen LogP contribution in [-0.4, -0.2) is 24.2 Å². The summed E-state index contributed by atoms with van der Waals surface area (Å²) in [4.78, 5) is 12.0. The number of amides is 1. The Kier molecular flexibility index (Phi) is 5.63. The molecule has 0 radical (unpaired) electrons. The summed E-state index contributed by atoms with van der Waals surface area (Å²) < 4.78 is 0. The lowest BCUT2D eigenvalue weighted by atomic mass is 9.83. The number of aliphatic hydroxyl groups excluding tert-OH is 1. The van der Waals surface area contributed by atoms with Crippen molar-refractivity contribution in [2.24, 2.45) is 5.41 Å². The van der Waals surface area contributed by atoms with Crippen LogP contribution in [0.5, 0.6) is 0 Å². The molecule has 0 aliphatic rings. The van der Waals surface area contributed by atoms with Gasteiger partial charge in [0.1, 0.15) is 0 Å². The predicted octanol–water partition coefficient (Wildman–Crippen LogP) is 2.87. The molecule has 0 saturated carbocycles. The fourth-order valence-corrected chi connectivity index (χ4v) is 2.01. The summed E-state index contributed by atoms with van der Waals surface area (Å²) in [6.07, 6.45) is 1.64. The SMILES string of the molecule is CCC(CC)(CO)CNC(=O)c1ccccc1Cl. The third kappa shape index (κ3) is 3.47. The largest absolute Gasteiger partial charge is 0.396 e. The maximum Gasteiger partial charge on any atom is 0.252 e. The fraction of sp³-hybridized carbons (Fsp3) is 0.500. The molecule has 0 unspecified atom stereocenters. The van der Waals surface area contributed by atoms with Gasteiger partial charge < -0.3 is 10.4 Å². The third-order valence-electron chi connectivity index (χ3n) is 3.58. The lowest BCUT2D eigenvalue weighted by Crippen LogP contribution is -2.39. The summed E-state index contributed by atoms with van der Waals surface area (Å²) in [6.45, 7) is 4.56. The average molecular weight is 270 g/mol. The molecule has 0 aromatic heterocycles. The Morgan fingerprint density at radius 1 is 1.33 bits per heavy atom. The van der Waals surface area contributed by atoms with Gasteiger partial charge in [-0.1, -0.05) is 37.6 Å². The van der Waals surface area contributed by atoms with Crippen LogP contribution in [0.2, 0.25) is 5.02 Å². The van der Waals surface area contributed by atoms with Gasteiger partial charge in [-0.25, -0.2) is 0 Å². The number of aliphatic hydroxyl groups is 1. The normalized spacial score (nSPS) is 11.3. The molecular weight excluding hydrogens is 250 g/mol. The Balaban J connectivity index is 2.69. The van der Waals surface area contributed by atoms with E-state index in [2.05, 4.69) is 5.32 Å². The summed E-state index contributed by atoms with van der Waals surface area (Å²) in [5.74, 6) is -0.194. The Hall–Kier alpha value is -1.06. The molecule has 0 aliphatic heterocycles. The van der Waals surface area contributed by atoms with E-state index in [0.29, 0.717) is 17.1 Å². The van der Waals surface area contributed by atoms with E-state index in [1.54, 1.807) is 24.3 Å². The van der Waals surface area contributed by atoms with E-state index < -0.39 is 0 Å². The van der Waals surface area contributed by atoms with Crippen molar-refractivity contribution in [3.63, 3.8) is 0 Å². The highest BCUT2D eigenvalue weighted by molar-refractivity contribution is 6.33. The van der Waals surface area contributed by atoms with Crippen molar-refractivity contribution in [1.29, 1.82) is 0 Å². The molecule has 4 heteroatoms. The van der Waals surface area contributed by atoms with Crippen LogP contribution in [-0.2, 0) is 0 Å². The molecule has 0 fully saturated rings. The van der Waals surface area contributed by atoms with E-state index in [1.165, 1.54) is 0 Å². The number of nitrogens with one attached hydrogen (secondary N) is 1. The molecule has 0 aliphatic carbocycles. The number of rotatable bonds is 6. The van der Waals surface area contributed by atoms with Crippen molar-refractivity contribution < 1.29 is 9.90 Å². The number of hydrogen-bond acceptors (Lipinski definition) is 2. The second-order valence-electron chi connectivity index (χ2n) is 4.53. The summed E-state index contributed by atoms with van der Waals surface area (Å²) in [5.41, 5.74) is 0.231. The van der Waals surface area contributed by atoms with Gasteiger partial charge in [0.25, 0.3) is 5.91 Å². The van der Waals surface area contributed by atoms with E-state index in [9.17, 15) is 9.90 Å². The van der Waals surface area contributed by atoms with Gasteiger partial charge in [-0.15, -0.1) is 0 Å². The highest BCUT2D eigenvalue weighted by Crippen LogP contribution is 2.24. The quantitative estimate of drug-likeness (QED) is 0.834. The van der Waals surface area contributed by atoms with Crippen LogP contribution in [0.4, 0.5) is 0 Å². The first-order valence-corrected chi connectivity index (χ1v) is 6.60. The highest BCUT2D eigenvalue weighted by atomic mass is 35.5. The van der Waals surface area contributed by atoms with Crippen LogP contribution < -0.4 is 5.32 Å². The van der Waals surface area contributed by atoms with Crippen LogP contribution in [0, 0.1) is 5.41 Å². The monoisotopic (exact) mass is 269 g/mol. The zero-order valence-electron chi connectivity index (χ0n) is 10.9. The minimum Gasteiger partial charge on any atom is -0.396 e. The fourth-order valence-electron chi connectivity index (χ4n) is 1.79. The van der Waals surface area contributed by atoms with Crippen molar-refractivity contribution in [3.05, 3.63) is 34.9 Å². The van der Waals surface area contributed by atoms with E-state index >= 15 is 0 Å². The molecular formula is C14H20ClNO2. The molecule has 3 nitrogen and oxygen atoms in total. The van der Waals surface area contributed by atoms with Crippen molar-refractivity contribution in [2.75, 3.05) is 13.2 Å². The van der Waals surface area contributed by atoms with Gasteiger partial charge in [0.2, 0.25) is 0 Å². The standard InChI is InChI=1S/C14H20ClNO2/c1-3-14(4-2,10-17)9-16-13(18)11-7-5-6-8-12(11)15/h5-8,17H,3-4,9-10H2,1-2H3,(H,16,18). The van der Waals surface area contributed by atoms with Crippen molar-refractivity contribution >= 4 is 17.5 Å². The first-order chi connectivity index (χ1) is 8.58. The van der Waals surface area contributed by atoms with Crippen LogP contribution in [0.25, 0.3) is 0 Å². The zero-order valence-corrected chi connectivity index (χ0v) is 11.6. The topological polar surface area (TPSA) is 49.3 Å². The van der Waals surface area contributed by atoms with Crippen molar-refractivity contribution in [2.45, 2.75) is 26.7 Å². The van der Waals surface area contributed by atoms with Gasteiger partial charge in [-0.3, -0.25) is 4.79 Å². The Labute approximate surface area is 113 Å². The van der Waals surface area contributed by atoms with Gasteiger partial charge in [-0.05, 0) is 25.0 Å². The van der Waals surface area contributed by atoms with Gasteiger partial charge in [0.05, 0.1) is 17.2 Å². The lowest BCUT2D eigenvalue weighted by Gasteiger charge is -2.29. The maximum absolute atomic E-state index is 12.0. The van der Waals surface area contributed by atoms with Crippen molar-refractivity contribution in [3.8, 4) is 0 Å². The summed E-state index contributed by atoms with van der Waals surface area (Å²) >= 11 is 5.96. The number of halogens is 1. The minimum absolute atomic E-state index is 0.0722. The molecule has 100 valence electrons. The van der Waals surface area contributed by atoms with E-state index in [0.717, 1.165) is 12.8 Å². The summed E-state index contributed by atoms with van der Waals surface area (Å²) in [6, 6.07) is 6.94. The predicted molar refractivity (Wildman–Crippen MR) is 73.9 cm³/mol. The molecule has 2 N–H and O–H groups in total. The van der Waals surface area contributed by atoms with Crippen LogP contribution in [0.3, 0.4) is 0 Å². The second kappa shape index (κ2) is 6.76. The maximum atomic E-state index is 12.0. The Bertz CT molecular complexity index is 394. The van der Waals surface area contributed by atoms with Crippen LogP contribution in [0.1, 0.15) is 37.0 Å². The van der Waals surface area contributed by atoms with E-state index in [1.807, 2.05) is 13.8 Å². The molecule has 0 bridgehead atoms. The third-order valence-corrected chi connectivity index (χ3v) is 3.91. The summed E-state index contributed by atoms with van der Waals surface area (Å²) in [5, 5.41) is 12.7. The molecule has 18 heavy (non-hydrogen) atoms. The molecule has 1 aromatic rings. The van der Waals surface area contributed by atoms with Crippen LogP contribution in [0.15, 0.2) is 24.3 Å². The first kappa shape index (κ1) is 15.0. The van der Waals surface area contributed by atoms with Crippen molar-refractivity contribution in [1.82, 2.24) is 5.32 Å². The molecule has 0 atom stereocenters. The first-order valence-electron chi connectivity index (χ1n) is 6.22. The molecule has 0 heterocycles. The minimum atomic E-state index is -0.239. The van der Waals surface area contributed by atoms with E-state index in [-0.39, 0.29) is 17.9 Å². The highest BCUT2D eigenvalue weighted by Gasteiger charge is 2.26. The van der Waals surface area contributed by atoms with Crippen LogP contribution >= 0.6 is 11.6 Å². The van der Waals surface area contributed by atoms with Gasteiger partial charge in [-0.2, -0.15) is 0 Å². The number of hydrogen-bond donors (Lipinski definition) is 2. The molecule has 1 aromatic carbocycles. The Morgan fingerprint density at radius 3 is 2.44 bits per heavy atom. The molecule has 0 saturated heterocycles. The summed E-state index contributed by atoms with van der Waals surface area (Å²) in [7, 11) is 0. The molecule has 1 rings (SSSR count). The second-order valence-corrected chi connectivity index (χ2v) is 4.93. The smallest absolute Gasteiger partial charge is 0.252 e. The molecule has 1 amide bonds. The Morgan fingerprint density at radius 2 is 1.94 bits per heavy atom. The number of carbonyl (C=O) groups excluding carboxylic acids is 1. The van der Waals surface area contributed by atoms with E-state index in [4.69, 9.17) is 11.6 Å². The average Bonchev–Trinajstić information content (AvgIpc) is 2.41. The zero-order chi connectivity index (χ0) is 13.6. The van der Waals surface area contributed by atoms with Gasteiger partial charge >= 0.3 is 0 Å². The van der Waals surface area contributed by atoms with Gasteiger partial charge in [0, 0.05) is 12.0 Å². The lowest BCUT2D eigenvalue weighted by molar-refractivity contribution is 0.0851. The molecule has 0 spiro atoms.